The van der Waals surface area contributed by atoms with Crippen molar-refractivity contribution in [1.82, 2.24) is 5.32 Å². The summed E-state index contributed by atoms with van der Waals surface area (Å²) >= 11 is 2.21. The molecule has 0 heterocycles. The largest absolute Gasteiger partial charge is 0.444 e. The summed E-state index contributed by atoms with van der Waals surface area (Å²) in [4.78, 5) is 22.6. The van der Waals surface area contributed by atoms with E-state index in [1.165, 1.54) is 0 Å². The molecule has 0 aliphatic rings. The summed E-state index contributed by atoms with van der Waals surface area (Å²) in [6.07, 6.45) is 0.608. The number of rotatable bonds is 4. The molecule has 0 bridgehead atoms. The molecule has 0 aromatic heterocycles. The molecular formula is C14H18INO3. The van der Waals surface area contributed by atoms with Gasteiger partial charge in [-0.25, -0.2) is 4.79 Å². The van der Waals surface area contributed by atoms with Gasteiger partial charge in [-0.3, -0.25) is 0 Å². The van der Waals surface area contributed by atoms with Crippen LogP contribution in [0, 0.1) is 3.57 Å². The van der Waals surface area contributed by atoms with Crippen molar-refractivity contribution >= 4 is 35.0 Å². The third-order valence-corrected chi connectivity index (χ3v) is 2.95. The van der Waals surface area contributed by atoms with Gasteiger partial charge in [0.05, 0.1) is 6.04 Å². The van der Waals surface area contributed by atoms with E-state index in [1.807, 2.05) is 24.3 Å². The van der Waals surface area contributed by atoms with Gasteiger partial charge in [0.1, 0.15) is 11.9 Å². The summed E-state index contributed by atoms with van der Waals surface area (Å²) in [5.74, 6) is 0. The molecule has 0 aliphatic carbocycles. The fraction of sp³-hybridized carbons (Fsp3) is 0.429. The molecule has 1 amide bonds. The minimum absolute atomic E-state index is 0.458. The van der Waals surface area contributed by atoms with Crippen molar-refractivity contribution in [3.05, 3.63) is 33.4 Å². The molecule has 1 rings (SSSR count). The Morgan fingerprint density at radius 1 is 1.37 bits per heavy atom. The molecule has 1 aromatic rings. The summed E-state index contributed by atoms with van der Waals surface area (Å²) in [5.41, 5.74) is 0.425. The lowest BCUT2D eigenvalue weighted by Crippen LogP contribution is -2.41. The van der Waals surface area contributed by atoms with Crippen LogP contribution in [0.25, 0.3) is 0 Å². The molecule has 1 N–H and O–H groups in total. The molecule has 0 aliphatic heterocycles. The van der Waals surface area contributed by atoms with Crippen molar-refractivity contribution in [2.45, 2.75) is 38.8 Å². The number of ether oxygens (including phenoxy) is 1. The standard InChI is InChI=1S/C14H18INO3/c1-14(2,3)19-13(18)16-12(9-17)8-10-4-6-11(15)7-5-10/h4-7,9,12H,8H2,1-3H3,(H,16,18). The predicted molar refractivity (Wildman–Crippen MR) is 82.1 cm³/mol. The van der Waals surface area contributed by atoms with Gasteiger partial charge in [-0.2, -0.15) is 0 Å². The number of benzene rings is 1. The summed E-state index contributed by atoms with van der Waals surface area (Å²) in [7, 11) is 0. The fourth-order valence-electron chi connectivity index (χ4n) is 1.47. The Morgan fingerprint density at radius 3 is 2.42 bits per heavy atom. The topological polar surface area (TPSA) is 55.4 Å². The van der Waals surface area contributed by atoms with Crippen LogP contribution in [0.3, 0.4) is 0 Å². The van der Waals surface area contributed by atoms with E-state index in [4.69, 9.17) is 4.74 Å². The summed E-state index contributed by atoms with van der Waals surface area (Å²) in [6.45, 7) is 5.34. The first kappa shape index (κ1) is 15.9. The zero-order valence-corrected chi connectivity index (χ0v) is 13.4. The highest BCUT2D eigenvalue weighted by Crippen LogP contribution is 2.10. The smallest absolute Gasteiger partial charge is 0.408 e. The second kappa shape index (κ2) is 6.88. The second-order valence-corrected chi connectivity index (χ2v) is 6.47. The van der Waals surface area contributed by atoms with E-state index in [-0.39, 0.29) is 0 Å². The highest BCUT2D eigenvalue weighted by molar-refractivity contribution is 14.1. The zero-order chi connectivity index (χ0) is 14.5. The van der Waals surface area contributed by atoms with E-state index in [1.54, 1.807) is 20.8 Å². The average molecular weight is 375 g/mol. The highest BCUT2D eigenvalue weighted by atomic mass is 127. The molecule has 1 unspecified atom stereocenters. The number of nitrogens with one attached hydrogen (secondary N) is 1. The first-order valence-corrected chi connectivity index (χ1v) is 7.07. The number of hydrogen-bond donors (Lipinski definition) is 1. The van der Waals surface area contributed by atoms with Crippen molar-refractivity contribution in [3.8, 4) is 0 Å². The molecule has 0 spiro atoms. The Bertz CT molecular complexity index is 437. The number of carbonyl (C=O) groups is 2. The molecule has 0 fully saturated rings. The summed E-state index contributed by atoms with van der Waals surface area (Å²) in [6, 6.07) is 7.23. The van der Waals surface area contributed by atoms with Crippen LogP contribution in [0.2, 0.25) is 0 Å². The van der Waals surface area contributed by atoms with Gasteiger partial charge in [0.2, 0.25) is 0 Å². The van der Waals surface area contributed by atoms with Crippen LogP contribution in [0.4, 0.5) is 4.79 Å². The maximum absolute atomic E-state index is 11.6. The Balaban J connectivity index is 2.57. The number of halogens is 1. The number of carbonyl (C=O) groups excluding carboxylic acids is 2. The SMILES string of the molecule is CC(C)(C)OC(=O)NC(C=O)Cc1ccc(I)cc1. The number of amides is 1. The predicted octanol–water partition coefficient (Wildman–Crippen LogP) is 2.93. The van der Waals surface area contributed by atoms with Crippen molar-refractivity contribution < 1.29 is 14.3 Å². The van der Waals surface area contributed by atoms with Crippen LogP contribution in [0.15, 0.2) is 24.3 Å². The van der Waals surface area contributed by atoms with Gasteiger partial charge in [-0.05, 0) is 67.5 Å². The molecule has 0 saturated carbocycles. The Labute approximate surface area is 127 Å². The minimum Gasteiger partial charge on any atom is -0.444 e. The maximum atomic E-state index is 11.6. The van der Waals surface area contributed by atoms with Crippen LogP contribution in [-0.2, 0) is 16.0 Å². The molecule has 1 atom stereocenters. The van der Waals surface area contributed by atoms with Crippen molar-refractivity contribution in [2.75, 3.05) is 0 Å². The van der Waals surface area contributed by atoms with Crippen LogP contribution in [0.5, 0.6) is 0 Å². The molecule has 0 saturated heterocycles. The third kappa shape index (κ3) is 6.56. The van der Waals surface area contributed by atoms with E-state index in [0.29, 0.717) is 6.42 Å². The second-order valence-electron chi connectivity index (χ2n) is 5.22. The van der Waals surface area contributed by atoms with Crippen molar-refractivity contribution in [1.29, 1.82) is 0 Å². The van der Waals surface area contributed by atoms with Gasteiger partial charge in [0.15, 0.2) is 0 Å². The number of aldehydes is 1. The summed E-state index contributed by atoms with van der Waals surface area (Å²) in [5, 5.41) is 2.56. The van der Waals surface area contributed by atoms with Gasteiger partial charge in [-0.1, -0.05) is 12.1 Å². The lowest BCUT2D eigenvalue weighted by Gasteiger charge is -2.21. The van der Waals surface area contributed by atoms with E-state index >= 15 is 0 Å². The minimum atomic E-state index is -0.574. The fourth-order valence-corrected chi connectivity index (χ4v) is 1.83. The van der Waals surface area contributed by atoms with E-state index in [2.05, 4.69) is 27.9 Å². The molecule has 0 radical (unpaired) electrons. The number of hydrogen-bond acceptors (Lipinski definition) is 3. The van der Waals surface area contributed by atoms with Crippen molar-refractivity contribution in [2.24, 2.45) is 0 Å². The maximum Gasteiger partial charge on any atom is 0.408 e. The van der Waals surface area contributed by atoms with Gasteiger partial charge in [0.25, 0.3) is 0 Å². The van der Waals surface area contributed by atoms with Crippen molar-refractivity contribution in [3.63, 3.8) is 0 Å². The van der Waals surface area contributed by atoms with Gasteiger partial charge in [0, 0.05) is 3.57 Å². The molecule has 19 heavy (non-hydrogen) atoms. The van der Waals surface area contributed by atoms with Crippen LogP contribution in [0.1, 0.15) is 26.3 Å². The molecule has 4 nitrogen and oxygen atoms in total. The molecule has 5 heteroatoms. The van der Waals surface area contributed by atoms with E-state index in [0.717, 1.165) is 15.4 Å². The zero-order valence-electron chi connectivity index (χ0n) is 11.3. The monoisotopic (exact) mass is 375 g/mol. The normalized spacial score (nSPS) is 12.6. The highest BCUT2D eigenvalue weighted by Gasteiger charge is 2.19. The lowest BCUT2D eigenvalue weighted by molar-refractivity contribution is -0.109. The van der Waals surface area contributed by atoms with Gasteiger partial charge < -0.3 is 14.8 Å². The Kier molecular flexibility index (Phi) is 5.78. The number of alkyl carbamates (subject to hydrolysis) is 1. The third-order valence-electron chi connectivity index (χ3n) is 2.24. The lowest BCUT2D eigenvalue weighted by atomic mass is 10.1. The Hall–Kier alpha value is -1.11. The van der Waals surface area contributed by atoms with E-state index < -0.39 is 17.7 Å². The average Bonchev–Trinajstić information content (AvgIpc) is 2.28. The van der Waals surface area contributed by atoms with Crippen LogP contribution < -0.4 is 5.32 Å². The molecule has 104 valence electrons. The molecule has 1 aromatic carbocycles. The molecular weight excluding hydrogens is 357 g/mol. The first-order valence-electron chi connectivity index (χ1n) is 5.99. The summed E-state index contributed by atoms with van der Waals surface area (Å²) < 4.78 is 6.25. The van der Waals surface area contributed by atoms with Crippen LogP contribution in [-0.4, -0.2) is 24.0 Å². The first-order chi connectivity index (χ1) is 8.80. The van der Waals surface area contributed by atoms with Gasteiger partial charge in [-0.15, -0.1) is 0 Å². The van der Waals surface area contributed by atoms with Crippen LogP contribution >= 0.6 is 22.6 Å². The Morgan fingerprint density at radius 2 is 1.95 bits per heavy atom. The van der Waals surface area contributed by atoms with E-state index in [9.17, 15) is 9.59 Å². The van der Waals surface area contributed by atoms with Gasteiger partial charge >= 0.3 is 6.09 Å². The quantitative estimate of drug-likeness (QED) is 0.651.